The van der Waals surface area contributed by atoms with Crippen LogP contribution in [-0.4, -0.2) is 74.3 Å². The number of nitrogens with one attached hydrogen (secondary N) is 1. The lowest BCUT2D eigenvalue weighted by Crippen LogP contribution is -2.63. The number of rotatable bonds is 10. The Hall–Kier alpha value is -3.02. The van der Waals surface area contributed by atoms with Gasteiger partial charge in [-0.05, 0) is 44.4 Å². The van der Waals surface area contributed by atoms with Gasteiger partial charge in [-0.1, -0.05) is 48.5 Å². The molecule has 5 atom stereocenters. The SMILES string of the molecule is CC1=C(CCCCCC(=O)N[C@@H]2[C@@H](O)[C@H](O)[C@@H](CO)O[C@@H]2Sc2ccccc2)C(=O)c2c(O)cccc2C1=O. The van der Waals surface area contributed by atoms with Gasteiger partial charge in [0.05, 0.1) is 18.2 Å². The second-order valence-corrected chi connectivity index (χ2v) is 10.9. The minimum atomic E-state index is -1.36. The summed E-state index contributed by atoms with van der Waals surface area (Å²) in [5, 5.41) is 43.5. The first-order valence-corrected chi connectivity index (χ1v) is 13.9. The van der Waals surface area contributed by atoms with Crippen molar-refractivity contribution in [2.24, 2.45) is 0 Å². The van der Waals surface area contributed by atoms with Crippen LogP contribution in [0.15, 0.2) is 64.6 Å². The van der Waals surface area contributed by atoms with E-state index in [-0.39, 0.29) is 40.8 Å². The summed E-state index contributed by atoms with van der Waals surface area (Å²) in [6.45, 7) is 1.15. The molecule has 0 unspecified atom stereocenters. The third-order valence-electron chi connectivity index (χ3n) is 7.12. The molecule has 1 aliphatic heterocycles. The van der Waals surface area contributed by atoms with Gasteiger partial charge in [-0.25, -0.2) is 0 Å². The lowest BCUT2D eigenvalue weighted by Gasteiger charge is -2.42. The lowest BCUT2D eigenvalue weighted by molar-refractivity contribution is -0.173. The standard InChI is InChI=1S/C29H33NO8S/c1-16-18(26(35)23-19(25(16)34)12-8-13-20(23)32)11-6-3-7-14-22(33)30-24-28(37)27(36)21(15-31)38-29(24)39-17-9-4-2-5-10-17/h2,4-5,8-10,12-13,21,24,27-29,31-32,36-37H,3,6-7,11,14-15H2,1H3,(H,30,33)/t21-,24-,27-,28-,29-/m1/s1. The van der Waals surface area contributed by atoms with Gasteiger partial charge in [-0.2, -0.15) is 0 Å². The average Bonchev–Trinajstić information content (AvgIpc) is 2.93. The monoisotopic (exact) mass is 555 g/mol. The van der Waals surface area contributed by atoms with Crippen LogP contribution in [-0.2, 0) is 9.53 Å². The second-order valence-electron chi connectivity index (χ2n) is 9.75. The molecule has 1 heterocycles. The Kier molecular flexibility index (Phi) is 9.58. The predicted molar refractivity (Wildman–Crippen MR) is 145 cm³/mol. The van der Waals surface area contributed by atoms with Gasteiger partial charge in [-0.3, -0.25) is 14.4 Å². The van der Waals surface area contributed by atoms with E-state index in [9.17, 15) is 34.8 Å². The first kappa shape index (κ1) is 29.0. The molecule has 9 nitrogen and oxygen atoms in total. The van der Waals surface area contributed by atoms with Crippen molar-refractivity contribution in [2.45, 2.75) is 73.7 Å². The van der Waals surface area contributed by atoms with Gasteiger partial charge in [0, 0.05) is 28.0 Å². The first-order valence-electron chi connectivity index (χ1n) is 13.0. The molecule has 39 heavy (non-hydrogen) atoms. The Morgan fingerprint density at radius 1 is 0.974 bits per heavy atom. The highest BCUT2D eigenvalue weighted by atomic mass is 32.2. The summed E-state index contributed by atoms with van der Waals surface area (Å²) in [6.07, 6.45) is -1.47. The number of unbranched alkanes of at least 4 members (excludes halogenated alkanes) is 2. The number of carbonyl (C=O) groups excluding carboxylic acids is 3. The number of allylic oxidation sites excluding steroid dienone is 2. The topological polar surface area (TPSA) is 153 Å². The lowest BCUT2D eigenvalue weighted by atomic mass is 9.82. The van der Waals surface area contributed by atoms with Crippen molar-refractivity contribution >= 4 is 29.2 Å². The molecule has 0 spiro atoms. The number of phenolic OH excluding ortho intramolecular Hbond substituents is 1. The number of carbonyl (C=O) groups is 3. The number of amides is 1. The highest BCUT2D eigenvalue weighted by Crippen LogP contribution is 2.35. The smallest absolute Gasteiger partial charge is 0.220 e. The Balaban J connectivity index is 1.30. The maximum absolute atomic E-state index is 12.9. The molecule has 2 aliphatic rings. The minimum absolute atomic E-state index is 0.0456. The molecule has 2 aromatic carbocycles. The highest BCUT2D eigenvalue weighted by Gasteiger charge is 2.45. The molecule has 2 aromatic rings. The van der Waals surface area contributed by atoms with E-state index in [1.54, 1.807) is 6.92 Å². The van der Waals surface area contributed by atoms with E-state index in [1.807, 2.05) is 30.3 Å². The van der Waals surface area contributed by atoms with Crippen LogP contribution in [0.2, 0.25) is 0 Å². The van der Waals surface area contributed by atoms with Crippen molar-refractivity contribution in [2.75, 3.05) is 6.61 Å². The summed E-state index contributed by atoms with van der Waals surface area (Å²) in [7, 11) is 0. The Labute approximate surface area is 230 Å². The van der Waals surface area contributed by atoms with Crippen LogP contribution in [0.25, 0.3) is 0 Å². The van der Waals surface area contributed by atoms with Gasteiger partial charge < -0.3 is 30.5 Å². The summed E-state index contributed by atoms with van der Waals surface area (Å²) >= 11 is 1.28. The number of benzene rings is 2. The van der Waals surface area contributed by atoms with Crippen LogP contribution in [0.1, 0.15) is 59.7 Å². The van der Waals surface area contributed by atoms with Crippen LogP contribution in [0.4, 0.5) is 0 Å². The number of phenols is 1. The van der Waals surface area contributed by atoms with Crippen LogP contribution in [0, 0.1) is 0 Å². The number of aliphatic hydroxyl groups excluding tert-OH is 3. The predicted octanol–water partition coefficient (Wildman–Crippen LogP) is 2.75. The molecule has 0 saturated carbocycles. The van der Waals surface area contributed by atoms with Crippen LogP contribution in [0.3, 0.4) is 0 Å². The second kappa shape index (κ2) is 12.9. The molecule has 208 valence electrons. The molecule has 0 aromatic heterocycles. The maximum Gasteiger partial charge on any atom is 0.220 e. The molecule has 5 N–H and O–H groups in total. The molecular formula is C29H33NO8S. The zero-order chi connectivity index (χ0) is 28.1. The fourth-order valence-corrected chi connectivity index (χ4v) is 6.08. The molecule has 1 amide bonds. The molecule has 1 fully saturated rings. The van der Waals surface area contributed by atoms with E-state index in [0.717, 1.165) is 4.90 Å². The van der Waals surface area contributed by atoms with E-state index in [4.69, 9.17) is 4.74 Å². The van der Waals surface area contributed by atoms with E-state index < -0.39 is 36.4 Å². The number of ketones is 2. The van der Waals surface area contributed by atoms with Crippen molar-refractivity contribution in [3.05, 3.63) is 70.8 Å². The summed E-state index contributed by atoms with van der Waals surface area (Å²) in [5.41, 5.74) is 0.296. The quantitative estimate of drug-likeness (QED) is 0.279. The van der Waals surface area contributed by atoms with E-state index in [1.165, 1.54) is 30.0 Å². The maximum atomic E-state index is 12.9. The molecular weight excluding hydrogens is 522 g/mol. The Bertz CT molecular complexity index is 1250. The number of aromatic hydroxyl groups is 1. The van der Waals surface area contributed by atoms with Gasteiger partial charge in [0.15, 0.2) is 11.6 Å². The first-order chi connectivity index (χ1) is 18.7. The van der Waals surface area contributed by atoms with E-state index in [2.05, 4.69) is 5.32 Å². The highest BCUT2D eigenvalue weighted by molar-refractivity contribution is 7.99. The summed E-state index contributed by atoms with van der Waals surface area (Å²) in [5.74, 6) is -1.14. The van der Waals surface area contributed by atoms with Crippen molar-refractivity contribution in [1.82, 2.24) is 5.32 Å². The third-order valence-corrected chi connectivity index (χ3v) is 8.30. The largest absolute Gasteiger partial charge is 0.507 e. The zero-order valence-corrected chi connectivity index (χ0v) is 22.4. The molecule has 1 saturated heterocycles. The summed E-state index contributed by atoms with van der Waals surface area (Å²) < 4.78 is 5.81. The van der Waals surface area contributed by atoms with Gasteiger partial charge in [0.25, 0.3) is 0 Å². The molecule has 0 radical (unpaired) electrons. The molecule has 4 rings (SSSR count). The number of fused-ring (bicyclic) bond motifs is 1. The van der Waals surface area contributed by atoms with E-state index >= 15 is 0 Å². The van der Waals surface area contributed by atoms with Gasteiger partial charge >= 0.3 is 0 Å². The van der Waals surface area contributed by atoms with Crippen molar-refractivity contribution in [1.29, 1.82) is 0 Å². The van der Waals surface area contributed by atoms with Crippen LogP contribution >= 0.6 is 11.8 Å². The summed E-state index contributed by atoms with van der Waals surface area (Å²) in [4.78, 5) is 39.2. The number of ether oxygens (including phenoxy) is 1. The fourth-order valence-electron chi connectivity index (χ4n) is 4.92. The number of Topliss-reactive ketones (excluding diaryl/α,β-unsaturated/α-hetero) is 2. The molecule has 10 heteroatoms. The molecule has 0 bridgehead atoms. The Morgan fingerprint density at radius 2 is 1.72 bits per heavy atom. The number of thioether (sulfide) groups is 1. The minimum Gasteiger partial charge on any atom is -0.507 e. The average molecular weight is 556 g/mol. The van der Waals surface area contributed by atoms with E-state index in [0.29, 0.717) is 36.8 Å². The van der Waals surface area contributed by atoms with Crippen molar-refractivity contribution < 1.29 is 39.5 Å². The van der Waals surface area contributed by atoms with Crippen molar-refractivity contribution in [3.8, 4) is 5.75 Å². The van der Waals surface area contributed by atoms with Crippen molar-refractivity contribution in [3.63, 3.8) is 0 Å². The third kappa shape index (κ3) is 6.42. The summed E-state index contributed by atoms with van der Waals surface area (Å²) in [6, 6.07) is 12.9. The Morgan fingerprint density at radius 3 is 2.44 bits per heavy atom. The molecule has 1 aliphatic carbocycles. The fraction of sp³-hybridized carbons (Fsp3) is 0.414. The van der Waals surface area contributed by atoms with Gasteiger partial charge in [0.1, 0.15) is 29.5 Å². The zero-order valence-electron chi connectivity index (χ0n) is 21.6. The van der Waals surface area contributed by atoms with Crippen LogP contribution in [0.5, 0.6) is 5.75 Å². The van der Waals surface area contributed by atoms with Gasteiger partial charge in [-0.15, -0.1) is 0 Å². The van der Waals surface area contributed by atoms with Gasteiger partial charge in [0.2, 0.25) is 5.91 Å². The number of hydrogen-bond donors (Lipinski definition) is 5. The number of aliphatic hydroxyl groups is 3. The van der Waals surface area contributed by atoms with Crippen LogP contribution < -0.4 is 5.32 Å². The number of hydrogen-bond acceptors (Lipinski definition) is 9. The normalized spacial score (nSPS) is 25.0.